The molecule has 0 saturated heterocycles. The van der Waals surface area contributed by atoms with Crippen LogP contribution in [0.25, 0.3) is 0 Å². The molecule has 0 aliphatic heterocycles. The molecule has 0 unspecified atom stereocenters. The monoisotopic (exact) mass is 379 g/mol. The zero-order chi connectivity index (χ0) is 19.3. The summed E-state index contributed by atoms with van der Waals surface area (Å²) in [5, 5.41) is 0. The molecule has 26 heavy (non-hydrogen) atoms. The number of carbonyl (C=O) groups excluding carboxylic acids is 1. The van der Waals surface area contributed by atoms with Crippen molar-refractivity contribution in [2.75, 3.05) is 6.26 Å². The van der Waals surface area contributed by atoms with Crippen LogP contribution in [0.4, 0.5) is 4.39 Å². The number of benzene rings is 2. The fraction of sp³-hybridized carbons (Fsp3) is 0.316. The minimum absolute atomic E-state index is 0.0785. The molecule has 140 valence electrons. The number of amides is 1. The van der Waals surface area contributed by atoms with Crippen LogP contribution in [0, 0.1) is 5.82 Å². The molecule has 2 aromatic carbocycles. The number of hydrogen-bond donors (Lipinski definition) is 0. The van der Waals surface area contributed by atoms with E-state index in [1.165, 1.54) is 24.3 Å². The van der Waals surface area contributed by atoms with E-state index < -0.39 is 15.9 Å². The van der Waals surface area contributed by atoms with Crippen LogP contribution in [0.2, 0.25) is 0 Å². The normalized spacial score (nSPS) is 12.5. The van der Waals surface area contributed by atoms with E-state index in [0.717, 1.165) is 18.2 Å². The van der Waals surface area contributed by atoms with Crippen molar-refractivity contribution >= 4 is 16.0 Å². The first-order chi connectivity index (χ1) is 12.2. The minimum Gasteiger partial charge on any atom is -0.383 e. The van der Waals surface area contributed by atoms with Crippen LogP contribution in [0.15, 0.2) is 48.5 Å². The first-order valence-electron chi connectivity index (χ1n) is 8.24. The highest BCUT2D eigenvalue weighted by Crippen LogP contribution is 2.20. The highest BCUT2D eigenvalue weighted by molar-refractivity contribution is 7.86. The van der Waals surface area contributed by atoms with Gasteiger partial charge in [-0.05, 0) is 49.2 Å². The largest absolute Gasteiger partial charge is 0.383 e. The molecule has 0 bridgehead atoms. The van der Waals surface area contributed by atoms with Crippen molar-refractivity contribution in [3.05, 3.63) is 65.5 Å². The second-order valence-corrected chi connectivity index (χ2v) is 7.71. The summed E-state index contributed by atoms with van der Waals surface area (Å²) in [4.78, 5) is 14.5. The molecular weight excluding hydrogens is 357 g/mol. The molecule has 7 heteroatoms. The predicted molar refractivity (Wildman–Crippen MR) is 97.9 cm³/mol. The fourth-order valence-electron chi connectivity index (χ4n) is 2.50. The molecule has 0 aliphatic carbocycles. The maximum atomic E-state index is 13.5. The molecule has 1 amide bonds. The second-order valence-electron chi connectivity index (χ2n) is 6.14. The molecule has 2 aromatic rings. The van der Waals surface area contributed by atoms with Crippen LogP contribution in [0.5, 0.6) is 5.75 Å². The van der Waals surface area contributed by atoms with Gasteiger partial charge in [0.1, 0.15) is 11.6 Å². The summed E-state index contributed by atoms with van der Waals surface area (Å²) in [5.41, 5.74) is 0.991. The van der Waals surface area contributed by atoms with Crippen LogP contribution in [0.3, 0.4) is 0 Å². The third kappa shape index (κ3) is 5.56. The fourth-order valence-corrected chi connectivity index (χ4v) is 2.96. The van der Waals surface area contributed by atoms with Crippen molar-refractivity contribution < 1.29 is 21.8 Å². The molecular formula is C19H22FNO4S. The summed E-state index contributed by atoms with van der Waals surface area (Å²) in [5.74, 6) is -0.566. The predicted octanol–water partition coefficient (Wildman–Crippen LogP) is 3.61. The number of hydrogen-bond acceptors (Lipinski definition) is 4. The Bertz CT molecular complexity index is 883. The Morgan fingerprint density at radius 2 is 1.88 bits per heavy atom. The lowest BCUT2D eigenvalue weighted by Gasteiger charge is -2.29. The van der Waals surface area contributed by atoms with E-state index >= 15 is 0 Å². The maximum absolute atomic E-state index is 13.5. The van der Waals surface area contributed by atoms with E-state index in [0.29, 0.717) is 0 Å². The van der Waals surface area contributed by atoms with Gasteiger partial charge in [-0.2, -0.15) is 8.42 Å². The average molecular weight is 379 g/mol. The summed E-state index contributed by atoms with van der Waals surface area (Å²) in [6, 6.07) is 12.0. The minimum atomic E-state index is -3.63. The smallest absolute Gasteiger partial charge is 0.306 e. The lowest BCUT2D eigenvalue weighted by molar-refractivity contribution is 0.0671. The molecule has 0 fully saturated rings. The molecule has 0 saturated carbocycles. The van der Waals surface area contributed by atoms with E-state index in [9.17, 15) is 17.6 Å². The molecule has 1 atom stereocenters. The molecule has 0 aromatic heterocycles. The van der Waals surface area contributed by atoms with Gasteiger partial charge in [0, 0.05) is 18.2 Å². The number of rotatable bonds is 7. The zero-order valence-electron chi connectivity index (χ0n) is 15.0. The van der Waals surface area contributed by atoms with Gasteiger partial charge in [0.15, 0.2) is 0 Å². The van der Waals surface area contributed by atoms with Crippen LogP contribution >= 0.6 is 0 Å². The first kappa shape index (κ1) is 19.9. The topological polar surface area (TPSA) is 63.7 Å². The van der Waals surface area contributed by atoms with Crippen molar-refractivity contribution in [1.82, 2.24) is 4.90 Å². The summed E-state index contributed by atoms with van der Waals surface area (Å²) >= 11 is 0. The van der Waals surface area contributed by atoms with Crippen molar-refractivity contribution in [3.8, 4) is 5.75 Å². The van der Waals surface area contributed by atoms with E-state index in [-0.39, 0.29) is 29.8 Å². The third-order valence-corrected chi connectivity index (χ3v) is 4.45. The quantitative estimate of drug-likeness (QED) is 0.690. The summed E-state index contributed by atoms with van der Waals surface area (Å²) in [6.07, 6.45) is 1.69. The van der Waals surface area contributed by atoms with Crippen LogP contribution in [-0.4, -0.2) is 31.5 Å². The van der Waals surface area contributed by atoms with Crippen molar-refractivity contribution in [2.24, 2.45) is 0 Å². The highest BCUT2D eigenvalue weighted by atomic mass is 32.2. The van der Waals surface area contributed by atoms with E-state index in [2.05, 4.69) is 0 Å². The average Bonchev–Trinajstić information content (AvgIpc) is 2.57. The molecule has 0 radical (unpaired) electrons. The standard InChI is InChI=1S/C19H22FNO4S/c1-4-14(2)21(19(22)16-8-6-9-17(20)12-16)13-15-7-5-10-18(11-15)25-26(3,23)24/h5-12,14H,4,13H2,1-3H3/t14-/m1/s1. The summed E-state index contributed by atoms with van der Waals surface area (Å²) in [6.45, 7) is 4.12. The Balaban J connectivity index is 2.28. The molecule has 5 nitrogen and oxygen atoms in total. The third-order valence-electron chi connectivity index (χ3n) is 3.95. The lowest BCUT2D eigenvalue weighted by Crippen LogP contribution is -2.37. The van der Waals surface area contributed by atoms with Gasteiger partial charge in [-0.1, -0.05) is 25.1 Å². The SMILES string of the molecule is CC[C@@H](C)N(Cc1cccc(OS(C)(=O)=O)c1)C(=O)c1cccc(F)c1. The van der Waals surface area contributed by atoms with Gasteiger partial charge < -0.3 is 9.08 Å². The Hall–Kier alpha value is -2.41. The van der Waals surface area contributed by atoms with E-state index in [1.54, 1.807) is 29.2 Å². The van der Waals surface area contributed by atoms with Crippen molar-refractivity contribution in [1.29, 1.82) is 0 Å². The van der Waals surface area contributed by atoms with Gasteiger partial charge in [0.25, 0.3) is 5.91 Å². The van der Waals surface area contributed by atoms with Gasteiger partial charge >= 0.3 is 10.1 Å². The number of halogens is 1. The number of carbonyl (C=O) groups is 1. The van der Waals surface area contributed by atoms with Gasteiger partial charge in [0.2, 0.25) is 0 Å². The van der Waals surface area contributed by atoms with Crippen LogP contribution < -0.4 is 4.18 Å². The van der Waals surface area contributed by atoms with Gasteiger partial charge in [-0.3, -0.25) is 4.79 Å². The van der Waals surface area contributed by atoms with Crippen LogP contribution in [0.1, 0.15) is 36.2 Å². The highest BCUT2D eigenvalue weighted by Gasteiger charge is 2.21. The Labute approximate surface area is 153 Å². The van der Waals surface area contributed by atoms with E-state index in [1.807, 2.05) is 13.8 Å². The lowest BCUT2D eigenvalue weighted by atomic mass is 10.1. The maximum Gasteiger partial charge on any atom is 0.306 e. The first-order valence-corrected chi connectivity index (χ1v) is 10.1. The molecule has 0 heterocycles. The van der Waals surface area contributed by atoms with Gasteiger partial charge in [-0.25, -0.2) is 4.39 Å². The van der Waals surface area contributed by atoms with Gasteiger partial charge in [0.05, 0.1) is 6.26 Å². The summed E-state index contributed by atoms with van der Waals surface area (Å²) < 4.78 is 40.9. The molecule has 0 aliphatic rings. The Morgan fingerprint density at radius 3 is 2.50 bits per heavy atom. The summed E-state index contributed by atoms with van der Waals surface area (Å²) in [7, 11) is -3.63. The van der Waals surface area contributed by atoms with Crippen molar-refractivity contribution in [3.63, 3.8) is 0 Å². The second kappa shape index (κ2) is 8.31. The van der Waals surface area contributed by atoms with E-state index in [4.69, 9.17) is 4.18 Å². The molecule has 0 spiro atoms. The Kier molecular flexibility index (Phi) is 6.37. The molecule has 2 rings (SSSR count). The van der Waals surface area contributed by atoms with Crippen LogP contribution in [-0.2, 0) is 16.7 Å². The van der Waals surface area contributed by atoms with Crippen molar-refractivity contribution in [2.45, 2.75) is 32.9 Å². The van der Waals surface area contributed by atoms with Gasteiger partial charge in [-0.15, -0.1) is 0 Å². The Morgan fingerprint density at radius 1 is 1.19 bits per heavy atom. The molecule has 0 N–H and O–H groups in total. The number of nitrogens with zero attached hydrogens (tertiary/aromatic N) is 1. The zero-order valence-corrected chi connectivity index (χ0v) is 15.8.